The van der Waals surface area contributed by atoms with Gasteiger partial charge in [-0.1, -0.05) is 19.0 Å². The van der Waals surface area contributed by atoms with Crippen LogP contribution in [-0.2, 0) is 6.54 Å². The number of aromatic nitrogens is 3. The summed E-state index contributed by atoms with van der Waals surface area (Å²) in [6, 6.07) is 1.91. The topological polar surface area (TPSA) is 75.9 Å². The van der Waals surface area contributed by atoms with Crippen molar-refractivity contribution in [2.45, 2.75) is 40.2 Å². The SMILES string of the molecule is CCNc1ncnc(NCc2cc(C)on2)c1C(C)C. The summed E-state index contributed by atoms with van der Waals surface area (Å²) in [6.07, 6.45) is 1.57. The lowest BCUT2D eigenvalue weighted by molar-refractivity contribution is 0.391. The molecule has 6 nitrogen and oxygen atoms in total. The summed E-state index contributed by atoms with van der Waals surface area (Å²) < 4.78 is 5.06. The third-order valence-corrected chi connectivity index (χ3v) is 2.92. The van der Waals surface area contributed by atoms with E-state index in [9.17, 15) is 0 Å². The second-order valence-corrected chi connectivity index (χ2v) is 4.95. The van der Waals surface area contributed by atoms with E-state index in [-0.39, 0.29) is 0 Å². The Bertz CT molecular complexity index is 564. The van der Waals surface area contributed by atoms with Crippen LogP contribution < -0.4 is 10.6 Å². The zero-order valence-corrected chi connectivity index (χ0v) is 12.4. The quantitative estimate of drug-likeness (QED) is 0.844. The Labute approximate surface area is 119 Å². The molecule has 0 aromatic carbocycles. The molecular weight excluding hydrogens is 254 g/mol. The molecule has 0 fully saturated rings. The molecule has 0 radical (unpaired) electrons. The summed E-state index contributed by atoms with van der Waals surface area (Å²) in [5.74, 6) is 2.86. The molecule has 0 aliphatic rings. The Balaban J connectivity index is 2.19. The summed E-state index contributed by atoms with van der Waals surface area (Å²) in [5, 5.41) is 10.6. The number of hydrogen-bond acceptors (Lipinski definition) is 6. The maximum Gasteiger partial charge on any atom is 0.135 e. The number of rotatable bonds is 6. The minimum atomic E-state index is 0.326. The van der Waals surface area contributed by atoms with Gasteiger partial charge in [0.15, 0.2) is 0 Å². The van der Waals surface area contributed by atoms with E-state index in [1.54, 1.807) is 6.33 Å². The molecule has 0 saturated heterocycles. The fraction of sp³-hybridized carbons (Fsp3) is 0.500. The maximum absolute atomic E-state index is 5.06. The van der Waals surface area contributed by atoms with Crippen LogP contribution in [0, 0.1) is 6.92 Å². The molecular formula is C14H21N5O. The van der Waals surface area contributed by atoms with E-state index in [1.807, 2.05) is 13.0 Å². The van der Waals surface area contributed by atoms with Crippen LogP contribution in [0.2, 0.25) is 0 Å². The minimum Gasteiger partial charge on any atom is -0.370 e. The van der Waals surface area contributed by atoms with Gasteiger partial charge in [-0.25, -0.2) is 9.97 Å². The maximum atomic E-state index is 5.06. The molecule has 6 heteroatoms. The first kappa shape index (κ1) is 14.3. The molecule has 0 aliphatic carbocycles. The lowest BCUT2D eigenvalue weighted by Crippen LogP contribution is -2.11. The van der Waals surface area contributed by atoms with Crippen LogP contribution in [0.4, 0.5) is 11.6 Å². The van der Waals surface area contributed by atoms with Crippen molar-refractivity contribution >= 4 is 11.6 Å². The number of anilines is 2. The Morgan fingerprint density at radius 2 is 1.90 bits per heavy atom. The Hall–Kier alpha value is -2.11. The number of hydrogen-bond donors (Lipinski definition) is 2. The highest BCUT2D eigenvalue weighted by atomic mass is 16.5. The van der Waals surface area contributed by atoms with Gasteiger partial charge in [-0.05, 0) is 19.8 Å². The number of nitrogens with one attached hydrogen (secondary N) is 2. The molecule has 0 spiro atoms. The van der Waals surface area contributed by atoms with Crippen LogP contribution >= 0.6 is 0 Å². The van der Waals surface area contributed by atoms with Crippen LogP contribution in [0.3, 0.4) is 0 Å². The first-order chi connectivity index (χ1) is 9.61. The van der Waals surface area contributed by atoms with Gasteiger partial charge in [0, 0.05) is 18.2 Å². The van der Waals surface area contributed by atoms with E-state index < -0.39 is 0 Å². The number of nitrogens with zero attached hydrogens (tertiary/aromatic N) is 3. The van der Waals surface area contributed by atoms with Crippen molar-refractivity contribution in [1.82, 2.24) is 15.1 Å². The Morgan fingerprint density at radius 3 is 2.45 bits per heavy atom. The van der Waals surface area contributed by atoms with Crippen LogP contribution in [0.25, 0.3) is 0 Å². The molecule has 0 bridgehead atoms. The largest absolute Gasteiger partial charge is 0.370 e. The highest BCUT2D eigenvalue weighted by Crippen LogP contribution is 2.28. The van der Waals surface area contributed by atoms with Gasteiger partial charge in [0.2, 0.25) is 0 Å². The van der Waals surface area contributed by atoms with Crippen molar-refractivity contribution in [3.63, 3.8) is 0 Å². The fourth-order valence-corrected chi connectivity index (χ4v) is 2.07. The van der Waals surface area contributed by atoms with Gasteiger partial charge in [0.25, 0.3) is 0 Å². The molecule has 20 heavy (non-hydrogen) atoms. The average Bonchev–Trinajstić information content (AvgIpc) is 2.82. The predicted octanol–water partition coefficient (Wildman–Crippen LogP) is 2.94. The number of aryl methyl sites for hydroxylation is 1. The van der Waals surface area contributed by atoms with E-state index in [0.29, 0.717) is 12.5 Å². The van der Waals surface area contributed by atoms with Crippen molar-refractivity contribution in [1.29, 1.82) is 0 Å². The minimum absolute atomic E-state index is 0.326. The van der Waals surface area contributed by atoms with E-state index in [2.05, 4.69) is 46.5 Å². The molecule has 0 saturated carbocycles. The van der Waals surface area contributed by atoms with Crippen LogP contribution in [0.15, 0.2) is 16.9 Å². The average molecular weight is 275 g/mol. The monoisotopic (exact) mass is 275 g/mol. The van der Waals surface area contributed by atoms with Gasteiger partial charge >= 0.3 is 0 Å². The second-order valence-electron chi connectivity index (χ2n) is 4.95. The van der Waals surface area contributed by atoms with Gasteiger partial charge in [0.1, 0.15) is 29.4 Å². The Kier molecular flexibility index (Phi) is 4.55. The fourth-order valence-electron chi connectivity index (χ4n) is 2.07. The molecule has 0 amide bonds. The van der Waals surface area contributed by atoms with Gasteiger partial charge in [-0.3, -0.25) is 0 Å². The lowest BCUT2D eigenvalue weighted by atomic mass is 10.0. The third-order valence-electron chi connectivity index (χ3n) is 2.92. The second kappa shape index (κ2) is 6.36. The van der Waals surface area contributed by atoms with Crippen molar-refractivity contribution in [2.24, 2.45) is 0 Å². The van der Waals surface area contributed by atoms with Crippen LogP contribution in [0.1, 0.15) is 43.7 Å². The molecule has 0 unspecified atom stereocenters. The van der Waals surface area contributed by atoms with E-state index in [0.717, 1.165) is 35.2 Å². The molecule has 2 rings (SSSR count). The van der Waals surface area contributed by atoms with Gasteiger partial charge < -0.3 is 15.2 Å². The highest BCUT2D eigenvalue weighted by molar-refractivity contribution is 5.59. The summed E-state index contributed by atoms with van der Waals surface area (Å²) in [4.78, 5) is 8.66. The van der Waals surface area contributed by atoms with Gasteiger partial charge in [-0.2, -0.15) is 0 Å². The van der Waals surface area contributed by atoms with Crippen molar-refractivity contribution < 1.29 is 4.52 Å². The summed E-state index contributed by atoms with van der Waals surface area (Å²) in [5.41, 5.74) is 1.95. The van der Waals surface area contributed by atoms with E-state index >= 15 is 0 Å². The molecule has 0 atom stereocenters. The summed E-state index contributed by atoms with van der Waals surface area (Å²) >= 11 is 0. The zero-order valence-electron chi connectivity index (χ0n) is 12.4. The van der Waals surface area contributed by atoms with Crippen molar-refractivity contribution in [3.8, 4) is 0 Å². The molecule has 108 valence electrons. The molecule has 2 N–H and O–H groups in total. The Morgan fingerprint density at radius 1 is 1.20 bits per heavy atom. The van der Waals surface area contributed by atoms with E-state index in [4.69, 9.17) is 4.52 Å². The predicted molar refractivity (Wildman–Crippen MR) is 78.9 cm³/mol. The molecule has 2 aromatic heterocycles. The highest BCUT2D eigenvalue weighted by Gasteiger charge is 2.14. The van der Waals surface area contributed by atoms with Gasteiger partial charge in [-0.15, -0.1) is 0 Å². The summed E-state index contributed by atoms with van der Waals surface area (Å²) in [7, 11) is 0. The normalized spacial score (nSPS) is 10.8. The standard InChI is InChI=1S/C14H21N5O/c1-5-15-13-12(9(2)3)14(18-8-17-13)16-7-11-6-10(4)20-19-11/h6,8-9H,5,7H2,1-4H3,(H2,15,16,17,18). The van der Waals surface area contributed by atoms with E-state index in [1.165, 1.54) is 0 Å². The zero-order chi connectivity index (χ0) is 14.5. The van der Waals surface area contributed by atoms with Gasteiger partial charge in [0.05, 0.1) is 6.54 Å². The third kappa shape index (κ3) is 3.26. The molecule has 0 aliphatic heterocycles. The first-order valence-corrected chi connectivity index (χ1v) is 6.86. The van der Waals surface area contributed by atoms with Crippen molar-refractivity contribution in [2.75, 3.05) is 17.2 Å². The van der Waals surface area contributed by atoms with Crippen LogP contribution in [-0.4, -0.2) is 21.7 Å². The molecule has 2 heterocycles. The first-order valence-electron chi connectivity index (χ1n) is 6.86. The van der Waals surface area contributed by atoms with Crippen LogP contribution in [0.5, 0.6) is 0 Å². The molecule has 2 aromatic rings. The smallest absolute Gasteiger partial charge is 0.135 e. The lowest BCUT2D eigenvalue weighted by Gasteiger charge is -2.16. The van der Waals surface area contributed by atoms with Crippen molar-refractivity contribution in [3.05, 3.63) is 29.4 Å². The summed E-state index contributed by atoms with van der Waals surface area (Å²) in [6.45, 7) is 9.61.